The zero-order chi connectivity index (χ0) is 38.4. The van der Waals surface area contributed by atoms with Gasteiger partial charge in [0.15, 0.2) is 0 Å². The molecule has 1 aromatic carbocycles. The number of hydrogen-bond acceptors (Lipinski definition) is 8. The Morgan fingerprint density at radius 2 is 1.42 bits per heavy atom. The Morgan fingerprint density at radius 3 is 2.00 bits per heavy atom. The van der Waals surface area contributed by atoms with E-state index < -0.39 is 46.8 Å². The van der Waals surface area contributed by atoms with E-state index in [4.69, 9.17) is 9.47 Å². The van der Waals surface area contributed by atoms with E-state index >= 15 is 4.39 Å². The minimum atomic E-state index is -1.21. The molecular weight excluding hydrogens is 675 g/mol. The van der Waals surface area contributed by atoms with E-state index in [0.717, 1.165) is 25.7 Å². The summed E-state index contributed by atoms with van der Waals surface area (Å²) in [5, 5.41) is 11.6. The second-order valence-corrected chi connectivity index (χ2v) is 16.1. The first-order chi connectivity index (χ1) is 24.2. The molecule has 1 aliphatic carbocycles. The van der Waals surface area contributed by atoms with E-state index in [0.29, 0.717) is 17.8 Å². The van der Waals surface area contributed by atoms with Crippen LogP contribution in [0.5, 0.6) is 0 Å². The number of rotatable bonds is 7. The highest BCUT2D eigenvalue weighted by Gasteiger charge is 2.37. The maximum Gasteiger partial charge on any atom is 0.408 e. The van der Waals surface area contributed by atoms with E-state index in [1.165, 1.54) is 15.9 Å². The molecule has 1 saturated carbocycles. The van der Waals surface area contributed by atoms with Gasteiger partial charge in [-0.15, -0.1) is 0 Å². The van der Waals surface area contributed by atoms with Crippen LogP contribution < -0.4 is 26.2 Å². The summed E-state index contributed by atoms with van der Waals surface area (Å²) >= 11 is 0. The van der Waals surface area contributed by atoms with Gasteiger partial charge in [-0.25, -0.2) is 23.6 Å². The van der Waals surface area contributed by atoms with Gasteiger partial charge in [-0.1, -0.05) is 6.07 Å². The molecule has 0 bridgehead atoms. The lowest BCUT2D eigenvalue weighted by molar-refractivity contribution is -0.138. The van der Waals surface area contributed by atoms with Gasteiger partial charge in [0.05, 0.1) is 0 Å². The van der Waals surface area contributed by atoms with Crippen LogP contribution in [0.3, 0.4) is 0 Å². The molecule has 0 radical (unpaired) electrons. The average Bonchev–Trinajstić information content (AvgIpc) is 3.02. The molecule has 0 spiro atoms. The molecular formula is C36H55FN8O7. The number of hydrogen-bond donors (Lipinski definition) is 4. The van der Waals surface area contributed by atoms with Crippen molar-refractivity contribution in [2.45, 2.75) is 123 Å². The lowest BCUT2D eigenvalue weighted by Gasteiger charge is -2.38. The van der Waals surface area contributed by atoms with Gasteiger partial charge >= 0.3 is 24.2 Å². The van der Waals surface area contributed by atoms with Gasteiger partial charge in [0, 0.05) is 69.0 Å². The maximum absolute atomic E-state index is 15.2. The molecule has 288 valence electrons. The normalized spacial score (nSPS) is 21.0. The second kappa shape index (κ2) is 16.5. The third-order valence-corrected chi connectivity index (χ3v) is 8.86. The highest BCUT2D eigenvalue weighted by Crippen LogP contribution is 2.24. The zero-order valence-corrected chi connectivity index (χ0v) is 31.7. The highest BCUT2D eigenvalue weighted by atomic mass is 19.1. The molecule has 52 heavy (non-hydrogen) atoms. The first-order valence-electron chi connectivity index (χ1n) is 18.0. The van der Waals surface area contributed by atoms with Crippen molar-refractivity contribution in [3.63, 3.8) is 0 Å². The topological polar surface area (TPSA) is 174 Å². The van der Waals surface area contributed by atoms with Crippen LogP contribution >= 0.6 is 0 Å². The molecule has 0 aromatic heterocycles. The number of halogens is 1. The molecule has 15 nitrogen and oxygen atoms in total. The minimum absolute atomic E-state index is 0.0475. The molecule has 2 saturated heterocycles. The largest absolute Gasteiger partial charge is 0.444 e. The number of amidine groups is 1. The Labute approximate surface area is 305 Å². The Balaban J connectivity index is 1.21. The summed E-state index contributed by atoms with van der Waals surface area (Å²) in [6, 6.07) is 3.87. The molecule has 7 amide bonds. The number of amides is 7. The number of carbonyl (C=O) groups is 5. The molecule has 2 aliphatic heterocycles. The fraction of sp³-hybridized carbons (Fsp3) is 0.667. The van der Waals surface area contributed by atoms with Crippen molar-refractivity contribution in [1.29, 1.82) is 0 Å². The Hall–Kier alpha value is -4.47. The predicted molar refractivity (Wildman–Crippen MR) is 194 cm³/mol. The molecule has 4 N–H and O–H groups in total. The monoisotopic (exact) mass is 730 g/mol. The van der Waals surface area contributed by atoms with Crippen LogP contribution in [0.25, 0.3) is 0 Å². The SMILES string of the molecule is CC(C)(C)OC(=O)NC1CCC(NCc2ccc(N3CCC(=NC(=O)N4CCN(C(=O)C(C)(C)NC(=O)OC(C)(C)C)CC4)NC3=O)cc2F)CC1. The van der Waals surface area contributed by atoms with Crippen LogP contribution in [0, 0.1) is 5.82 Å². The summed E-state index contributed by atoms with van der Waals surface area (Å²) in [4.78, 5) is 72.0. The Bertz CT molecular complexity index is 1520. The average molecular weight is 731 g/mol. The number of aliphatic imine (C=N–C) groups is 1. The number of nitrogens with zero attached hydrogens (tertiary/aromatic N) is 4. The fourth-order valence-electron chi connectivity index (χ4n) is 6.22. The van der Waals surface area contributed by atoms with Crippen LogP contribution in [0.2, 0.25) is 0 Å². The number of ether oxygens (including phenoxy) is 2. The van der Waals surface area contributed by atoms with E-state index in [1.807, 2.05) is 20.8 Å². The van der Waals surface area contributed by atoms with Crippen molar-refractivity contribution in [1.82, 2.24) is 31.1 Å². The summed E-state index contributed by atoms with van der Waals surface area (Å²) in [6.07, 6.45) is 2.42. The molecule has 1 aromatic rings. The van der Waals surface area contributed by atoms with Crippen molar-refractivity contribution in [3.05, 3.63) is 29.6 Å². The number of alkyl carbamates (subject to hydrolysis) is 2. The van der Waals surface area contributed by atoms with Crippen molar-refractivity contribution < 1.29 is 37.8 Å². The van der Waals surface area contributed by atoms with Crippen LogP contribution in [0.4, 0.5) is 29.3 Å². The molecule has 4 rings (SSSR count). The van der Waals surface area contributed by atoms with Gasteiger partial charge in [-0.3, -0.25) is 15.0 Å². The van der Waals surface area contributed by atoms with Crippen molar-refractivity contribution in [3.8, 4) is 0 Å². The van der Waals surface area contributed by atoms with E-state index in [-0.39, 0.29) is 63.0 Å². The van der Waals surface area contributed by atoms with Crippen molar-refractivity contribution >= 4 is 41.7 Å². The van der Waals surface area contributed by atoms with Crippen LogP contribution in [-0.2, 0) is 20.8 Å². The molecule has 0 unspecified atom stereocenters. The number of urea groups is 2. The standard InChI is InChI=1S/C36H55FN8O7/c1-34(2,3)51-32(49)39-25-12-10-24(11-13-25)38-22-23-9-14-26(21-27(23)37)45-16-15-28(41-31(45)48)40-30(47)44-19-17-43(18-20-44)29(46)36(7,8)42-33(50)52-35(4,5)6/h9,14,21,24-25,38H,10-13,15-20,22H2,1-8H3,(H,39,49)(H,42,50)(H,40,41,47,48). The number of carbonyl (C=O) groups excluding carboxylic acids is 5. The number of piperazine rings is 1. The summed E-state index contributed by atoms with van der Waals surface area (Å²) in [7, 11) is 0. The van der Waals surface area contributed by atoms with Gasteiger partial charge < -0.3 is 35.2 Å². The zero-order valence-electron chi connectivity index (χ0n) is 31.7. The Morgan fingerprint density at radius 1 is 0.846 bits per heavy atom. The van der Waals surface area contributed by atoms with Crippen molar-refractivity contribution in [2.24, 2.45) is 4.99 Å². The summed E-state index contributed by atoms with van der Waals surface area (Å²) in [5.74, 6) is -0.523. The second-order valence-electron chi connectivity index (χ2n) is 16.1. The van der Waals surface area contributed by atoms with E-state index in [1.54, 1.807) is 51.7 Å². The molecule has 2 heterocycles. The smallest absolute Gasteiger partial charge is 0.408 e. The van der Waals surface area contributed by atoms with Gasteiger partial charge in [0.25, 0.3) is 0 Å². The van der Waals surface area contributed by atoms with E-state index in [9.17, 15) is 24.0 Å². The Kier molecular flexibility index (Phi) is 12.8. The lowest BCUT2D eigenvalue weighted by Crippen LogP contribution is -2.60. The van der Waals surface area contributed by atoms with Gasteiger partial charge in [-0.05, 0) is 93.2 Å². The minimum Gasteiger partial charge on any atom is -0.444 e. The molecule has 16 heteroatoms. The van der Waals surface area contributed by atoms with Crippen molar-refractivity contribution in [2.75, 3.05) is 37.6 Å². The highest BCUT2D eigenvalue weighted by molar-refractivity contribution is 6.10. The summed E-state index contributed by atoms with van der Waals surface area (Å²) in [6.45, 7) is 15.4. The van der Waals surface area contributed by atoms with Gasteiger partial charge in [-0.2, -0.15) is 4.99 Å². The lowest BCUT2D eigenvalue weighted by atomic mass is 9.91. The predicted octanol–water partition coefficient (Wildman–Crippen LogP) is 4.64. The number of nitrogens with one attached hydrogen (secondary N) is 4. The molecule has 3 fully saturated rings. The number of benzene rings is 1. The first-order valence-corrected chi connectivity index (χ1v) is 18.0. The van der Waals surface area contributed by atoms with Crippen LogP contribution in [-0.4, -0.2) is 107 Å². The summed E-state index contributed by atoms with van der Waals surface area (Å²) in [5.41, 5.74) is -1.60. The molecule has 3 aliphatic rings. The quantitative estimate of drug-likeness (QED) is 0.314. The molecule has 0 atom stereocenters. The van der Waals surface area contributed by atoms with Gasteiger partial charge in [0.1, 0.15) is 28.4 Å². The van der Waals surface area contributed by atoms with Gasteiger partial charge in [0.2, 0.25) is 5.91 Å². The third-order valence-electron chi connectivity index (χ3n) is 8.86. The summed E-state index contributed by atoms with van der Waals surface area (Å²) < 4.78 is 25.8. The first kappa shape index (κ1) is 40.3. The number of anilines is 1. The fourth-order valence-corrected chi connectivity index (χ4v) is 6.22. The van der Waals surface area contributed by atoms with Crippen LogP contribution in [0.1, 0.15) is 93.1 Å². The third kappa shape index (κ3) is 11.8. The van der Waals surface area contributed by atoms with E-state index in [2.05, 4.69) is 26.3 Å². The van der Waals surface area contributed by atoms with Crippen LogP contribution in [0.15, 0.2) is 23.2 Å². The maximum atomic E-state index is 15.2.